The topological polar surface area (TPSA) is 112 Å². The van der Waals surface area contributed by atoms with Crippen LogP contribution >= 0.6 is 0 Å². The number of aryl methyl sites for hydroxylation is 2. The number of carbonyl (C=O) groups excluding carboxylic acids is 1. The Morgan fingerprint density at radius 3 is 2.61 bits per heavy atom. The third kappa shape index (κ3) is 3.47. The summed E-state index contributed by atoms with van der Waals surface area (Å²) in [4.78, 5) is 33.0. The lowest BCUT2D eigenvalue weighted by Gasteiger charge is -2.37. The molecule has 4 heterocycles. The van der Waals surface area contributed by atoms with Crippen LogP contribution in [0.1, 0.15) is 50.7 Å². The van der Waals surface area contributed by atoms with Gasteiger partial charge in [-0.2, -0.15) is 0 Å². The summed E-state index contributed by atoms with van der Waals surface area (Å²) in [5.41, 5.74) is 12.7. The number of hydrogen-bond acceptors (Lipinski definition) is 7. The maximum atomic E-state index is 13.7. The van der Waals surface area contributed by atoms with Gasteiger partial charge >= 0.3 is 0 Å². The Balaban J connectivity index is 1.36. The van der Waals surface area contributed by atoms with Crippen LogP contribution in [-0.2, 0) is 4.74 Å². The van der Waals surface area contributed by atoms with Crippen LogP contribution in [0.2, 0.25) is 0 Å². The van der Waals surface area contributed by atoms with E-state index >= 15 is 0 Å². The highest BCUT2D eigenvalue weighted by atomic mass is 16.5. The van der Waals surface area contributed by atoms with Gasteiger partial charge in [0.1, 0.15) is 11.9 Å². The fourth-order valence-corrected chi connectivity index (χ4v) is 5.01. The van der Waals surface area contributed by atoms with Crippen molar-refractivity contribution in [2.75, 3.05) is 19.4 Å². The van der Waals surface area contributed by atoms with E-state index in [1.807, 2.05) is 57.4 Å². The van der Waals surface area contributed by atoms with E-state index in [1.165, 1.54) is 0 Å². The van der Waals surface area contributed by atoms with Gasteiger partial charge in [0.15, 0.2) is 0 Å². The number of carbonyl (C=O) groups is 1. The molecule has 6 rings (SSSR count). The Bertz CT molecular complexity index is 1640. The van der Waals surface area contributed by atoms with E-state index in [2.05, 4.69) is 26.0 Å². The second-order valence-corrected chi connectivity index (χ2v) is 9.07. The van der Waals surface area contributed by atoms with Crippen molar-refractivity contribution in [3.05, 3.63) is 94.8 Å². The van der Waals surface area contributed by atoms with E-state index in [9.17, 15) is 4.79 Å². The summed E-state index contributed by atoms with van der Waals surface area (Å²) in [7, 11) is 1.81. The molecule has 36 heavy (non-hydrogen) atoms. The lowest BCUT2D eigenvalue weighted by molar-refractivity contribution is 0.0134. The Morgan fingerprint density at radius 1 is 1.03 bits per heavy atom. The van der Waals surface area contributed by atoms with Crippen molar-refractivity contribution in [2.45, 2.75) is 26.0 Å². The van der Waals surface area contributed by atoms with Crippen molar-refractivity contribution >= 4 is 28.4 Å². The Hall–Kier alpha value is -4.37. The van der Waals surface area contributed by atoms with Crippen LogP contribution in [0.25, 0.3) is 16.6 Å². The molecule has 180 valence electrons. The molecular formula is C27H25N7O2. The van der Waals surface area contributed by atoms with E-state index in [0.717, 1.165) is 44.8 Å². The first-order valence-corrected chi connectivity index (χ1v) is 11.7. The van der Waals surface area contributed by atoms with Crippen molar-refractivity contribution in [3.63, 3.8) is 0 Å². The lowest BCUT2D eigenvalue weighted by Crippen LogP contribution is -2.37. The van der Waals surface area contributed by atoms with Crippen molar-refractivity contribution in [1.82, 2.24) is 29.2 Å². The molecule has 0 radical (unpaired) electrons. The maximum absolute atomic E-state index is 13.7. The number of hydrogen-bond donors (Lipinski definition) is 1. The first-order valence-electron chi connectivity index (χ1n) is 11.7. The first kappa shape index (κ1) is 22.1. The quantitative estimate of drug-likeness (QED) is 0.419. The van der Waals surface area contributed by atoms with Crippen molar-refractivity contribution in [3.8, 4) is 0 Å². The Labute approximate surface area is 207 Å². The van der Waals surface area contributed by atoms with Crippen LogP contribution < -0.4 is 5.73 Å². The summed E-state index contributed by atoms with van der Waals surface area (Å²) < 4.78 is 8.15. The summed E-state index contributed by atoms with van der Waals surface area (Å²) in [5, 5.41) is 0. The summed E-state index contributed by atoms with van der Waals surface area (Å²) in [6, 6.07) is 13.3. The predicted octanol–water partition coefficient (Wildman–Crippen LogP) is 3.80. The largest absolute Gasteiger partial charge is 0.369 e. The van der Waals surface area contributed by atoms with Crippen LogP contribution in [0.3, 0.4) is 0 Å². The monoisotopic (exact) mass is 479 g/mol. The Morgan fingerprint density at radius 2 is 1.81 bits per heavy atom. The van der Waals surface area contributed by atoms with Crippen molar-refractivity contribution in [1.29, 1.82) is 0 Å². The molecule has 0 saturated carbocycles. The van der Waals surface area contributed by atoms with Crippen LogP contribution in [0.4, 0.5) is 5.95 Å². The lowest BCUT2D eigenvalue weighted by atomic mass is 9.89. The number of fused-ring (bicyclic) bond motifs is 4. The molecule has 0 saturated heterocycles. The molecule has 1 amide bonds. The molecule has 2 N–H and O–H groups in total. The zero-order chi connectivity index (χ0) is 25.0. The number of anilines is 1. The van der Waals surface area contributed by atoms with Gasteiger partial charge in [-0.1, -0.05) is 24.3 Å². The third-order valence-electron chi connectivity index (χ3n) is 6.88. The van der Waals surface area contributed by atoms with Crippen LogP contribution in [0.5, 0.6) is 0 Å². The van der Waals surface area contributed by atoms with Crippen LogP contribution in [-0.4, -0.2) is 48.8 Å². The number of imidazole rings is 1. The highest BCUT2D eigenvalue weighted by Gasteiger charge is 2.34. The maximum Gasteiger partial charge on any atom is 0.254 e. The van der Waals surface area contributed by atoms with Gasteiger partial charge in [-0.25, -0.2) is 15.0 Å². The number of aromatic nitrogens is 5. The summed E-state index contributed by atoms with van der Waals surface area (Å²) in [6.45, 7) is 4.19. The zero-order valence-corrected chi connectivity index (χ0v) is 20.2. The van der Waals surface area contributed by atoms with Gasteiger partial charge in [-0.05, 0) is 43.2 Å². The average Bonchev–Trinajstić information content (AvgIpc) is 3.28. The Kier molecular flexibility index (Phi) is 5.15. The third-order valence-corrected chi connectivity index (χ3v) is 6.88. The molecule has 3 aromatic heterocycles. The molecule has 1 aliphatic heterocycles. The summed E-state index contributed by atoms with van der Waals surface area (Å²) >= 11 is 0. The molecule has 0 spiro atoms. The number of nitrogen functional groups attached to an aromatic ring is 1. The smallest absolute Gasteiger partial charge is 0.254 e. The summed E-state index contributed by atoms with van der Waals surface area (Å²) in [5.74, 6) is 0.958. The van der Waals surface area contributed by atoms with Gasteiger partial charge in [0.25, 0.3) is 5.91 Å². The molecule has 1 aliphatic rings. The van der Waals surface area contributed by atoms with Gasteiger partial charge in [0.05, 0.1) is 41.6 Å². The average molecular weight is 480 g/mol. The van der Waals surface area contributed by atoms with E-state index in [1.54, 1.807) is 27.8 Å². The standard InChI is InChI=1S/C27H25N7O2/c1-15-21(13-29-16(2)32-15)25-20-7-5-4-6-19(20)24(14-36-25)33(3)26(35)17-8-9-22-23(10-17)34-18(11-30-22)12-31-27(34)28/h4-13,24-25H,14H2,1-3H3,(H2,28,31)/t24-,25+/m1/s1. The van der Waals surface area contributed by atoms with E-state index < -0.39 is 0 Å². The molecule has 2 aromatic carbocycles. The molecule has 0 aliphatic carbocycles. The number of amides is 1. The number of rotatable bonds is 3. The fraction of sp³-hybridized carbons (Fsp3) is 0.222. The fourth-order valence-electron chi connectivity index (χ4n) is 5.01. The minimum atomic E-state index is -0.286. The number of benzene rings is 2. The van der Waals surface area contributed by atoms with Gasteiger partial charge in [-0.15, -0.1) is 0 Å². The molecule has 0 bridgehead atoms. The van der Waals surface area contributed by atoms with Crippen molar-refractivity contribution in [2.24, 2.45) is 0 Å². The number of likely N-dealkylation sites (N-methyl/N-ethyl adjacent to an activating group) is 1. The first-order chi connectivity index (χ1) is 17.4. The van der Waals surface area contributed by atoms with E-state index in [-0.39, 0.29) is 18.1 Å². The molecular weight excluding hydrogens is 454 g/mol. The van der Waals surface area contributed by atoms with Crippen molar-refractivity contribution < 1.29 is 9.53 Å². The normalized spacial score (nSPS) is 17.3. The van der Waals surface area contributed by atoms with Crippen LogP contribution in [0.15, 0.2) is 61.1 Å². The molecule has 9 nitrogen and oxygen atoms in total. The predicted molar refractivity (Wildman–Crippen MR) is 135 cm³/mol. The van der Waals surface area contributed by atoms with Gasteiger partial charge in [-0.3, -0.25) is 14.2 Å². The number of nitrogens with zero attached hydrogens (tertiary/aromatic N) is 6. The molecule has 9 heteroatoms. The molecule has 0 fully saturated rings. The SMILES string of the molecule is Cc1ncc([C@H]2OC[C@@H](N(C)C(=O)c3ccc4ncc5cnc(N)n5c4c3)c3ccccc32)c(C)n1. The van der Waals surface area contributed by atoms with Gasteiger partial charge in [0, 0.05) is 30.1 Å². The number of nitrogens with two attached hydrogens (primary N) is 1. The van der Waals surface area contributed by atoms with E-state index in [0.29, 0.717) is 18.1 Å². The van der Waals surface area contributed by atoms with Gasteiger partial charge in [0.2, 0.25) is 5.95 Å². The highest BCUT2D eigenvalue weighted by Crippen LogP contribution is 2.39. The minimum Gasteiger partial charge on any atom is -0.369 e. The highest BCUT2D eigenvalue weighted by molar-refractivity contribution is 5.98. The zero-order valence-electron chi connectivity index (χ0n) is 20.2. The minimum absolute atomic E-state index is 0.121. The van der Waals surface area contributed by atoms with E-state index in [4.69, 9.17) is 10.5 Å². The van der Waals surface area contributed by atoms with Crippen LogP contribution in [0, 0.1) is 13.8 Å². The summed E-state index contributed by atoms with van der Waals surface area (Å²) in [6.07, 6.45) is 4.92. The van der Waals surface area contributed by atoms with Gasteiger partial charge < -0.3 is 15.4 Å². The molecule has 2 atom stereocenters. The number of ether oxygens (including phenoxy) is 1. The molecule has 5 aromatic rings. The second kappa shape index (κ2) is 8.39. The molecule has 0 unspecified atom stereocenters. The second-order valence-electron chi connectivity index (χ2n) is 9.07.